The second kappa shape index (κ2) is 9.16. The zero-order chi connectivity index (χ0) is 22.8. The average molecular weight is 482 g/mol. The lowest BCUT2D eigenvalue weighted by molar-refractivity contribution is -0.113. The molecular weight excluding hydrogens is 462 g/mol. The van der Waals surface area contributed by atoms with E-state index in [2.05, 4.69) is 16.9 Å². The summed E-state index contributed by atoms with van der Waals surface area (Å²) < 4.78 is 18.1. The summed E-state index contributed by atoms with van der Waals surface area (Å²) in [5, 5.41) is 5.67. The number of thioether (sulfide) groups is 1. The molecule has 4 aromatic rings. The summed E-state index contributed by atoms with van der Waals surface area (Å²) in [7, 11) is 0. The van der Waals surface area contributed by atoms with E-state index >= 15 is 0 Å². The number of nitrogens with one attached hydrogen (secondary N) is 1. The fourth-order valence-corrected chi connectivity index (χ4v) is 5.24. The van der Waals surface area contributed by atoms with Gasteiger partial charge in [0.25, 0.3) is 5.56 Å². The molecule has 1 amide bonds. The van der Waals surface area contributed by atoms with Gasteiger partial charge in [0, 0.05) is 29.2 Å². The standard InChI is InChI=1S/C23H19N3O5S2/c1-2-7-26-22(28)20-15(16-4-3-8-29-16)12-32-21(20)25-23(26)33-13-19(27)24-14-5-6-17-18(11-14)31-10-9-30-17/h2-6,8,11-12H,1,7,9-10,13H2,(H,24,27). The van der Waals surface area contributed by atoms with Gasteiger partial charge in [-0.3, -0.25) is 14.2 Å². The van der Waals surface area contributed by atoms with Crippen LogP contribution in [0, 0.1) is 0 Å². The molecule has 1 N–H and O–H groups in total. The van der Waals surface area contributed by atoms with Crippen molar-refractivity contribution in [2.45, 2.75) is 11.7 Å². The molecule has 0 atom stereocenters. The van der Waals surface area contributed by atoms with E-state index in [1.54, 1.807) is 36.6 Å². The van der Waals surface area contributed by atoms with Crippen LogP contribution in [0.1, 0.15) is 0 Å². The van der Waals surface area contributed by atoms with Gasteiger partial charge in [-0.2, -0.15) is 0 Å². The summed E-state index contributed by atoms with van der Waals surface area (Å²) in [5.41, 5.74) is 1.13. The van der Waals surface area contributed by atoms with Crippen molar-refractivity contribution in [1.82, 2.24) is 9.55 Å². The number of benzene rings is 1. The molecule has 0 fully saturated rings. The van der Waals surface area contributed by atoms with Gasteiger partial charge < -0.3 is 19.2 Å². The van der Waals surface area contributed by atoms with Crippen molar-refractivity contribution < 1.29 is 18.7 Å². The molecule has 4 heterocycles. The maximum atomic E-state index is 13.3. The average Bonchev–Trinajstić information content (AvgIpc) is 3.50. The zero-order valence-corrected chi connectivity index (χ0v) is 19.0. The van der Waals surface area contributed by atoms with E-state index in [1.807, 2.05) is 11.4 Å². The van der Waals surface area contributed by atoms with E-state index in [1.165, 1.54) is 27.7 Å². The molecule has 0 spiro atoms. The molecule has 33 heavy (non-hydrogen) atoms. The van der Waals surface area contributed by atoms with Crippen molar-refractivity contribution in [3.05, 3.63) is 65.0 Å². The number of anilines is 1. The number of thiophene rings is 1. The first-order valence-corrected chi connectivity index (χ1v) is 12.0. The molecule has 0 bridgehead atoms. The maximum Gasteiger partial charge on any atom is 0.263 e. The van der Waals surface area contributed by atoms with Crippen molar-refractivity contribution in [2.24, 2.45) is 0 Å². The highest BCUT2D eigenvalue weighted by Gasteiger charge is 2.19. The van der Waals surface area contributed by atoms with Crippen molar-refractivity contribution in [1.29, 1.82) is 0 Å². The van der Waals surface area contributed by atoms with Gasteiger partial charge in [0.2, 0.25) is 5.91 Å². The smallest absolute Gasteiger partial charge is 0.263 e. The lowest BCUT2D eigenvalue weighted by Crippen LogP contribution is -2.23. The van der Waals surface area contributed by atoms with E-state index in [9.17, 15) is 9.59 Å². The van der Waals surface area contributed by atoms with Crippen LogP contribution in [0.25, 0.3) is 21.5 Å². The van der Waals surface area contributed by atoms with Crippen molar-refractivity contribution in [3.8, 4) is 22.8 Å². The lowest BCUT2D eigenvalue weighted by atomic mass is 10.2. The van der Waals surface area contributed by atoms with E-state index in [-0.39, 0.29) is 23.8 Å². The Balaban J connectivity index is 1.37. The lowest BCUT2D eigenvalue weighted by Gasteiger charge is -2.19. The highest BCUT2D eigenvalue weighted by molar-refractivity contribution is 7.99. The van der Waals surface area contributed by atoms with Crippen molar-refractivity contribution in [2.75, 3.05) is 24.3 Å². The van der Waals surface area contributed by atoms with Crippen molar-refractivity contribution >= 4 is 44.9 Å². The SMILES string of the molecule is C=CCn1c(SCC(=O)Nc2ccc3c(c2)OCCO3)nc2scc(-c3ccco3)c2c1=O. The molecule has 0 aliphatic carbocycles. The Morgan fingerprint density at radius 1 is 1.27 bits per heavy atom. The van der Waals surface area contributed by atoms with Crippen LogP contribution in [-0.4, -0.2) is 34.4 Å². The number of nitrogens with zero attached hydrogens (tertiary/aromatic N) is 2. The molecule has 0 unspecified atom stereocenters. The Morgan fingerprint density at radius 3 is 2.91 bits per heavy atom. The third kappa shape index (κ3) is 4.27. The van der Waals surface area contributed by atoms with Crippen LogP contribution >= 0.6 is 23.1 Å². The normalized spacial score (nSPS) is 12.6. The van der Waals surface area contributed by atoms with Gasteiger partial charge in [0.05, 0.1) is 17.4 Å². The number of hydrogen-bond donors (Lipinski definition) is 1. The van der Waals surface area contributed by atoms with Crippen LogP contribution < -0.4 is 20.3 Å². The van der Waals surface area contributed by atoms with E-state index in [0.29, 0.717) is 57.1 Å². The predicted octanol–water partition coefficient (Wildman–Crippen LogP) is 4.41. The highest BCUT2D eigenvalue weighted by atomic mass is 32.2. The van der Waals surface area contributed by atoms with Crippen LogP contribution in [0.4, 0.5) is 5.69 Å². The van der Waals surface area contributed by atoms with Gasteiger partial charge in [-0.1, -0.05) is 17.8 Å². The molecular formula is C23H19N3O5S2. The third-order valence-electron chi connectivity index (χ3n) is 4.92. The minimum absolute atomic E-state index is 0.0833. The minimum Gasteiger partial charge on any atom is -0.486 e. The summed E-state index contributed by atoms with van der Waals surface area (Å²) in [6, 6.07) is 8.84. The Hall–Kier alpha value is -3.50. The number of rotatable bonds is 7. The number of furan rings is 1. The number of amides is 1. The van der Waals surface area contributed by atoms with Crippen LogP contribution in [0.2, 0.25) is 0 Å². The molecule has 0 radical (unpaired) electrons. The van der Waals surface area contributed by atoms with Gasteiger partial charge in [-0.05, 0) is 24.3 Å². The Kier molecular flexibility index (Phi) is 5.93. The van der Waals surface area contributed by atoms with E-state index < -0.39 is 0 Å². The number of carbonyl (C=O) groups excluding carboxylic acids is 1. The number of fused-ring (bicyclic) bond motifs is 2. The minimum atomic E-state index is -0.223. The summed E-state index contributed by atoms with van der Waals surface area (Å²) in [4.78, 5) is 31.1. The molecule has 0 saturated heterocycles. The summed E-state index contributed by atoms with van der Waals surface area (Å²) in [6.45, 7) is 5.01. The predicted molar refractivity (Wildman–Crippen MR) is 129 cm³/mol. The fourth-order valence-electron chi connectivity index (χ4n) is 3.47. The Morgan fingerprint density at radius 2 is 2.12 bits per heavy atom. The molecule has 3 aromatic heterocycles. The van der Waals surface area contributed by atoms with Gasteiger partial charge >= 0.3 is 0 Å². The van der Waals surface area contributed by atoms with Gasteiger partial charge in [-0.25, -0.2) is 4.98 Å². The number of allylic oxidation sites excluding steroid dienone is 1. The summed E-state index contributed by atoms with van der Waals surface area (Å²) in [5.74, 6) is 1.73. The van der Waals surface area contributed by atoms with Gasteiger partial charge in [0.1, 0.15) is 23.8 Å². The van der Waals surface area contributed by atoms with E-state index in [4.69, 9.17) is 13.9 Å². The van der Waals surface area contributed by atoms with Crippen LogP contribution in [0.5, 0.6) is 11.5 Å². The largest absolute Gasteiger partial charge is 0.486 e. The first kappa shape index (κ1) is 21.4. The van der Waals surface area contributed by atoms with Crippen LogP contribution in [0.15, 0.2) is 69.0 Å². The second-order valence-corrected chi connectivity index (χ2v) is 8.90. The molecule has 1 aliphatic heterocycles. The monoisotopic (exact) mass is 481 g/mol. The first-order valence-electron chi connectivity index (χ1n) is 10.1. The second-order valence-electron chi connectivity index (χ2n) is 7.10. The Labute approximate surface area is 196 Å². The molecule has 168 valence electrons. The first-order chi connectivity index (χ1) is 16.1. The fraction of sp³-hybridized carbons (Fsp3) is 0.174. The topological polar surface area (TPSA) is 95.6 Å². The van der Waals surface area contributed by atoms with Gasteiger partial charge in [-0.15, -0.1) is 17.9 Å². The molecule has 5 rings (SSSR count). The van der Waals surface area contributed by atoms with Crippen LogP contribution in [0.3, 0.4) is 0 Å². The third-order valence-corrected chi connectivity index (χ3v) is 6.76. The number of ether oxygens (including phenoxy) is 2. The van der Waals surface area contributed by atoms with Gasteiger partial charge in [0.15, 0.2) is 16.7 Å². The molecule has 1 aliphatic rings. The van der Waals surface area contributed by atoms with E-state index in [0.717, 1.165) is 0 Å². The van der Waals surface area contributed by atoms with Crippen molar-refractivity contribution in [3.63, 3.8) is 0 Å². The summed E-state index contributed by atoms with van der Waals surface area (Å²) >= 11 is 2.57. The number of hydrogen-bond acceptors (Lipinski definition) is 8. The Bertz CT molecular complexity index is 1390. The number of aromatic nitrogens is 2. The molecule has 1 aromatic carbocycles. The maximum absolute atomic E-state index is 13.3. The molecule has 8 nitrogen and oxygen atoms in total. The highest BCUT2D eigenvalue weighted by Crippen LogP contribution is 2.34. The molecule has 10 heteroatoms. The summed E-state index contributed by atoms with van der Waals surface area (Å²) in [6.07, 6.45) is 3.20. The number of carbonyl (C=O) groups is 1. The quantitative estimate of drug-likeness (QED) is 0.237. The zero-order valence-electron chi connectivity index (χ0n) is 17.4. The van der Waals surface area contributed by atoms with Crippen LogP contribution in [-0.2, 0) is 11.3 Å². The molecule has 0 saturated carbocycles.